The molecule has 4 nitrogen and oxygen atoms in total. The van der Waals surface area contributed by atoms with E-state index in [4.69, 9.17) is 0 Å². The van der Waals surface area contributed by atoms with Crippen LogP contribution in [-0.4, -0.2) is 15.9 Å². The Kier molecular flexibility index (Phi) is 5.94. The van der Waals surface area contributed by atoms with Crippen molar-refractivity contribution in [2.45, 2.75) is 39.2 Å². The number of pyridine rings is 1. The van der Waals surface area contributed by atoms with Crippen LogP contribution in [-0.2, 0) is 17.8 Å². The summed E-state index contributed by atoms with van der Waals surface area (Å²) < 4.78 is 0. The van der Waals surface area contributed by atoms with Crippen LogP contribution in [0.5, 0.6) is 0 Å². The zero-order valence-corrected chi connectivity index (χ0v) is 17.5. The minimum Gasteiger partial charge on any atom is -0.361 e. The fraction of sp³-hybridized carbons (Fsp3) is 0.231. The predicted molar refractivity (Wildman–Crippen MR) is 121 cm³/mol. The van der Waals surface area contributed by atoms with Crippen LogP contribution < -0.4 is 5.32 Å². The van der Waals surface area contributed by atoms with Gasteiger partial charge >= 0.3 is 0 Å². The summed E-state index contributed by atoms with van der Waals surface area (Å²) in [4.78, 5) is 20.5. The number of carbonyl (C=O) groups excluding carboxylic acids is 1. The molecule has 0 aliphatic carbocycles. The van der Waals surface area contributed by atoms with Crippen molar-refractivity contribution in [1.29, 1.82) is 0 Å². The average Bonchev–Trinajstić information content (AvgIpc) is 3.21. The molecule has 2 heterocycles. The second kappa shape index (κ2) is 8.95. The van der Waals surface area contributed by atoms with Crippen LogP contribution in [0.15, 0.2) is 73.2 Å². The predicted octanol–water partition coefficient (Wildman–Crippen LogP) is 5.27. The quantitative estimate of drug-likeness (QED) is 0.446. The molecule has 1 amide bonds. The van der Waals surface area contributed by atoms with Crippen LogP contribution in [0, 0.1) is 6.92 Å². The van der Waals surface area contributed by atoms with Gasteiger partial charge in [-0.1, -0.05) is 61.0 Å². The van der Waals surface area contributed by atoms with E-state index in [1.165, 1.54) is 27.6 Å². The van der Waals surface area contributed by atoms with E-state index in [1.54, 1.807) is 12.4 Å². The molecule has 0 aliphatic rings. The molecule has 0 saturated heterocycles. The maximum Gasteiger partial charge on any atom is 0.221 e. The van der Waals surface area contributed by atoms with E-state index in [2.05, 4.69) is 77.8 Å². The number of nitrogens with zero attached hydrogens (tertiary/aromatic N) is 1. The molecule has 4 aromatic rings. The number of aryl methyl sites for hydroxylation is 2. The Morgan fingerprint density at radius 2 is 1.93 bits per heavy atom. The number of rotatable bonds is 7. The SMILES string of the molecule is CCc1cccc2c(C(CC(=O)NCc3cccnc3)c3ccc(C)cc3)c[nH]c12. The number of para-hydroxylation sites is 1. The van der Waals surface area contributed by atoms with Crippen molar-refractivity contribution in [3.05, 3.63) is 101 Å². The standard InChI is InChI=1S/C26H27N3O/c1-3-20-7-4-8-22-24(17-29-26(20)22)23(21-11-9-18(2)10-12-21)14-25(30)28-16-19-6-5-13-27-15-19/h4-13,15,17,23,29H,3,14,16H2,1-2H3,(H,28,30). The van der Waals surface area contributed by atoms with Gasteiger partial charge in [0.25, 0.3) is 0 Å². The highest BCUT2D eigenvalue weighted by Crippen LogP contribution is 2.34. The zero-order chi connectivity index (χ0) is 20.9. The maximum absolute atomic E-state index is 12.9. The number of aromatic nitrogens is 2. The Balaban J connectivity index is 1.64. The Hall–Kier alpha value is -3.40. The summed E-state index contributed by atoms with van der Waals surface area (Å²) in [6.45, 7) is 4.73. The van der Waals surface area contributed by atoms with Crippen LogP contribution in [0.1, 0.15) is 47.1 Å². The molecule has 152 valence electrons. The van der Waals surface area contributed by atoms with Crippen molar-refractivity contribution in [1.82, 2.24) is 15.3 Å². The van der Waals surface area contributed by atoms with Gasteiger partial charge in [0.05, 0.1) is 0 Å². The highest BCUT2D eigenvalue weighted by molar-refractivity contribution is 5.88. The lowest BCUT2D eigenvalue weighted by atomic mass is 9.87. The molecule has 2 aromatic heterocycles. The second-order valence-corrected chi connectivity index (χ2v) is 7.74. The normalized spacial score (nSPS) is 12.1. The number of hydrogen-bond acceptors (Lipinski definition) is 2. The Labute approximate surface area is 177 Å². The van der Waals surface area contributed by atoms with Crippen LogP contribution in [0.25, 0.3) is 10.9 Å². The van der Waals surface area contributed by atoms with Crippen molar-refractivity contribution in [2.75, 3.05) is 0 Å². The number of hydrogen-bond donors (Lipinski definition) is 2. The fourth-order valence-corrected chi connectivity index (χ4v) is 3.99. The van der Waals surface area contributed by atoms with Gasteiger partial charge in [0.15, 0.2) is 0 Å². The molecule has 2 N–H and O–H groups in total. The molecule has 0 aliphatic heterocycles. The summed E-state index contributed by atoms with van der Waals surface area (Å²) in [6, 6.07) is 18.8. The first kappa shape index (κ1) is 19.9. The van der Waals surface area contributed by atoms with E-state index in [-0.39, 0.29) is 11.8 Å². The number of amides is 1. The highest BCUT2D eigenvalue weighted by Gasteiger charge is 2.22. The molecule has 4 heteroatoms. The molecule has 4 rings (SSSR count). The summed E-state index contributed by atoms with van der Waals surface area (Å²) in [6.07, 6.45) is 6.96. The first-order valence-corrected chi connectivity index (χ1v) is 10.5. The van der Waals surface area contributed by atoms with E-state index >= 15 is 0 Å². The van der Waals surface area contributed by atoms with Crippen molar-refractivity contribution in [3.63, 3.8) is 0 Å². The van der Waals surface area contributed by atoms with Crippen LogP contribution >= 0.6 is 0 Å². The van der Waals surface area contributed by atoms with Crippen molar-refractivity contribution in [2.24, 2.45) is 0 Å². The Bertz CT molecular complexity index is 1130. The number of H-pyrrole nitrogens is 1. The molecular weight excluding hydrogens is 370 g/mol. The van der Waals surface area contributed by atoms with Crippen LogP contribution in [0.3, 0.4) is 0 Å². The lowest BCUT2D eigenvalue weighted by molar-refractivity contribution is -0.121. The molecule has 2 aromatic carbocycles. The fourth-order valence-electron chi connectivity index (χ4n) is 3.99. The third-order valence-electron chi connectivity index (χ3n) is 5.67. The molecule has 0 saturated carbocycles. The lowest BCUT2D eigenvalue weighted by Crippen LogP contribution is -2.25. The van der Waals surface area contributed by atoms with Gasteiger partial charge in [-0.2, -0.15) is 0 Å². The second-order valence-electron chi connectivity index (χ2n) is 7.74. The van der Waals surface area contributed by atoms with E-state index in [0.29, 0.717) is 13.0 Å². The van der Waals surface area contributed by atoms with Crippen molar-refractivity contribution < 1.29 is 4.79 Å². The minimum atomic E-state index is -0.0136. The average molecular weight is 398 g/mol. The van der Waals surface area contributed by atoms with Gasteiger partial charge in [0, 0.05) is 48.4 Å². The number of nitrogens with one attached hydrogen (secondary N) is 2. The van der Waals surface area contributed by atoms with Gasteiger partial charge in [-0.15, -0.1) is 0 Å². The monoisotopic (exact) mass is 397 g/mol. The van der Waals surface area contributed by atoms with Crippen LogP contribution in [0.2, 0.25) is 0 Å². The molecular formula is C26H27N3O. The molecule has 0 bridgehead atoms. The van der Waals surface area contributed by atoms with Crippen LogP contribution in [0.4, 0.5) is 0 Å². The highest BCUT2D eigenvalue weighted by atomic mass is 16.1. The summed E-state index contributed by atoms with van der Waals surface area (Å²) in [5, 5.41) is 4.25. The maximum atomic E-state index is 12.9. The van der Waals surface area contributed by atoms with Gasteiger partial charge in [0.1, 0.15) is 0 Å². The minimum absolute atomic E-state index is 0.0136. The molecule has 1 atom stereocenters. The van der Waals surface area contributed by atoms with E-state index < -0.39 is 0 Å². The van der Waals surface area contributed by atoms with E-state index in [9.17, 15) is 4.79 Å². The third-order valence-corrected chi connectivity index (χ3v) is 5.67. The van der Waals surface area contributed by atoms with Gasteiger partial charge in [-0.25, -0.2) is 0 Å². The van der Waals surface area contributed by atoms with E-state index in [0.717, 1.165) is 17.5 Å². The van der Waals surface area contributed by atoms with Crippen molar-refractivity contribution in [3.8, 4) is 0 Å². The molecule has 0 spiro atoms. The molecule has 0 radical (unpaired) electrons. The summed E-state index contributed by atoms with van der Waals surface area (Å²) in [5.74, 6) is 0.0192. The van der Waals surface area contributed by atoms with Gasteiger partial charge in [-0.05, 0) is 41.7 Å². The smallest absolute Gasteiger partial charge is 0.221 e. The molecule has 0 fully saturated rings. The third kappa shape index (κ3) is 4.28. The van der Waals surface area contributed by atoms with Gasteiger partial charge in [-0.3, -0.25) is 9.78 Å². The largest absolute Gasteiger partial charge is 0.361 e. The number of aromatic amines is 1. The number of benzene rings is 2. The first-order valence-electron chi connectivity index (χ1n) is 10.5. The van der Waals surface area contributed by atoms with E-state index in [1.807, 2.05) is 12.1 Å². The lowest BCUT2D eigenvalue weighted by Gasteiger charge is -2.18. The van der Waals surface area contributed by atoms with Gasteiger partial charge in [0.2, 0.25) is 5.91 Å². The molecule has 1 unspecified atom stereocenters. The number of carbonyl (C=O) groups is 1. The summed E-state index contributed by atoms with van der Waals surface area (Å²) in [7, 11) is 0. The first-order chi connectivity index (χ1) is 14.7. The summed E-state index contributed by atoms with van der Waals surface area (Å²) >= 11 is 0. The van der Waals surface area contributed by atoms with Gasteiger partial charge < -0.3 is 10.3 Å². The Morgan fingerprint density at radius 1 is 1.10 bits per heavy atom. The Morgan fingerprint density at radius 3 is 2.67 bits per heavy atom. The van der Waals surface area contributed by atoms with Crippen molar-refractivity contribution >= 4 is 16.8 Å². The molecule has 30 heavy (non-hydrogen) atoms. The zero-order valence-electron chi connectivity index (χ0n) is 17.5. The topological polar surface area (TPSA) is 57.8 Å². The number of fused-ring (bicyclic) bond motifs is 1. The summed E-state index contributed by atoms with van der Waals surface area (Å²) in [5.41, 5.74) is 6.99.